The Morgan fingerprint density at radius 1 is 1.48 bits per heavy atom. The van der Waals surface area contributed by atoms with E-state index in [9.17, 15) is 28.1 Å². The summed E-state index contributed by atoms with van der Waals surface area (Å²) in [6, 6.07) is 4.17. The van der Waals surface area contributed by atoms with Crippen molar-refractivity contribution in [3.05, 3.63) is 46.1 Å². The van der Waals surface area contributed by atoms with Gasteiger partial charge in [-0.25, -0.2) is 4.79 Å². The van der Waals surface area contributed by atoms with Crippen LogP contribution in [0.3, 0.4) is 0 Å². The van der Waals surface area contributed by atoms with Gasteiger partial charge in [0.25, 0.3) is 0 Å². The zero-order chi connectivity index (χ0) is 19.6. The van der Waals surface area contributed by atoms with Crippen LogP contribution in [0.25, 0.3) is 0 Å². The number of hydrogen-bond donors (Lipinski definition) is 1. The predicted molar refractivity (Wildman–Crippen MR) is 84.3 cm³/mol. The molecule has 0 saturated heterocycles. The van der Waals surface area contributed by atoms with Crippen LogP contribution in [0.4, 0.5) is 29.5 Å². The van der Waals surface area contributed by atoms with Gasteiger partial charge in [-0.3, -0.25) is 9.88 Å². The Bertz CT molecular complexity index is 867. The normalized spacial score (nSPS) is 16.2. The lowest BCUT2D eigenvalue weighted by molar-refractivity contribution is -0.389. The lowest BCUT2D eigenvalue weighted by Gasteiger charge is -2.21. The van der Waals surface area contributed by atoms with E-state index in [0.717, 1.165) is 18.2 Å². The monoisotopic (exact) mass is 386 g/mol. The third-order valence-corrected chi connectivity index (χ3v) is 3.71. The van der Waals surface area contributed by atoms with Crippen LogP contribution in [-0.2, 0) is 17.5 Å². The first-order chi connectivity index (χ1) is 12.7. The molecule has 2 aromatic rings. The minimum Gasteiger partial charge on any atom is -0.445 e. The Morgan fingerprint density at radius 3 is 2.96 bits per heavy atom. The van der Waals surface area contributed by atoms with Crippen molar-refractivity contribution in [1.82, 2.24) is 9.55 Å². The SMILES string of the molecule is O=C(Nc1cccc(C(F)(F)F)c1)OC[C@H]1CCn2cc([N+](=O)[O-])nc2O1. The van der Waals surface area contributed by atoms with Crippen molar-refractivity contribution in [1.29, 1.82) is 0 Å². The summed E-state index contributed by atoms with van der Waals surface area (Å²) in [7, 11) is 0. The Balaban J connectivity index is 1.53. The van der Waals surface area contributed by atoms with Gasteiger partial charge < -0.3 is 19.6 Å². The van der Waals surface area contributed by atoms with Crippen molar-refractivity contribution < 1.29 is 32.4 Å². The number of rotatable bonds is 4. The van der Waals surface area contributed by atoms with E-state index in [1.165, 1.54) is 16.8 Å². The summed E-state index contributed by atoms with van der Waals surface area (Å²) in [4.78, 5) is 25.5. The van der Waals surface area contributed by atoms with E-state index in [0.29, 0.717) is 13.0 Å². The van der Waals surface area contributed by atoms with Gasteiger partial charge >= 0.3 is 24.1 Å². The molecule has 1 aliphatic rings. The average molecular weight is 386 g/mol. The van der Waals surface area contributed by atoms with Gasteiger partial charge in [-0.1, -0.05) is 6.07 Å². The van der Waals surface area contributed by atoms with Crippen LogP contribution in [0, 0.1) is 10.1 Å². The molecule has 1 amide bonds. The number of nitro groups is 1. The fourth-order valence-electron chi connectivity index (χ4n) is 2.43. The van der Waals surface area contributed by atoms with Crippen LogP contribution >= 0.6 is 0 Å². The number of carbonyl (C=O) groups excluding carboxylic acids is 1. The summed E-state index contributed by atoms with van der Waals surface area (Å²) < 4.78 is 49.8. The highest BCUT2D eigenvalue weighted by Gasteiger charge is 2.31. The summed E-state index contributed by atoms with van der Waals surface area (Å²) in [5.41, 5.74) is -0.963. The molecule has 0 aliphatic carbocycles. The first-order valence-corrected chi connectivity index (χ1v) is 7.71. The second-order valence-electron chi connectivity index (χ2n) is 5.66. The van der Waals surface area contributed by atoms with Crippen molar-refractivity contribution in [2.45, 2.75) is 25.2 Å². The molecule has 144 valence electrons. The molecule has 1 atom stereocenters. The van der Waals surface area contributed by atoms with Crippen molar-refractivity contribution >= 4 is 17.6 Å². The molecule has 1 aromatic carbocycles. The Labute approximate surface area is 149 Å². The summed E-state index contributed by atoms with van der Waals surface area (Å²) >= 11 is 0. The van der Waals surface area contributed by atoms with Crippen LogP contribution in [0.5, 0.6) is 6.01 Å². The second-order valence-corrected chi connectivity index (χ2v) is 5.66. The van der Waals surface area contributed by atoms with E-state index < -0.39 is 28.9 Å². The third kappa shape index (κ3) is 4.46. The first kappa shape index (κ1) is 18.5. The number of alkyl halides is 3. The lowest BCUT2D eigenvalue weighted by Crippen LogP contribution is -2.32. The van der Waals surface area contributed by atoms with E-state index in [2.05, 4.69) is 10.3 Å². The highest BCUT2D eigenvalue weighted by atomic mass is 19.4. The molecule has 0 spiro atoms. The Hall–Kier alpha value is -3.31. The van der Waals surface area contributed by atoms with Gasteiger partial charge in [0.1, 0.15) is 18.9 Å². The van der Waals surface area contributed by atoms with Crippen LogP contribution in [0.2, 0.25) is 0 Å². The second kappa shape index (κ2) is 7.13. The molecule has 12 heteroatoms. The maximum Gasteiger partial charge on any atom is 0.416 e. The molecule has 0 bridgehead atoms. The van der Waals surface area contributed by atoms with Crippen molar-refractivity contribution in [2.75, 3.05) is 11.9 Å². The zero-order valence-corrected chi connectivity index (χ0v) is 13.6. The van der Waals surface area contributed by atoms with Gasteiger partial charge in [0, 0.05) is 23.6 Å². The smallest absolute Gasteiger partial charge is 0.416 e. The average Bonchev–Trinajstić information content (AvgIpc) is 3.03. The number of anilines is 1. The zero-order valence-electron chi connectivity index (χ0n) is 13.6. The number of benzene rings is 1. The fourth-order valence-corrected chi connectivity index (χ4v) is 2.43. The molecular formula is C15H13F3N4O5. The van der Waals surface area contributed by atoms with E-state index >= 15 is 0 Å². The van der Waals surface area contributed by atoms with Crippen LogP contribution < -0.4 is 10.1 Å². The van der Waals surface area contributed by atoms with Crippen LogP contribution in [0.15, 0.2) is 30.5 Å². The van der Waals surface area contributed by atoms with Gasteiger partial charge in [0.05, 0.1) is 5.56 Å². The fraction of sp³-hybridized carbons (Fsp3) is 0.333. The quantitative estimate of drug-likeness (QED) is 0.638. The number of nitrogens with zero attached hydrogens (tertiary/aromatic N) is 3. The highest BCUT2D eigenvalue weighted by Crippen LogP contribution is 2.30. The largest absolute Gasteiger partial charge is 0.445 e. The maximum absolute atomic E-state index is 12.7. The van der Waals surface area contributed by atoms with E-state index in [4.69, 9.17) is 9.47 Å². The maximum atomic E-state index is 12.7. The molecule has 27 heavy (non-hydrogen) atoms. The van der Waals surface area contributed by atoms with Gasteiger partial charge in [0.15, 0.2) is 0 Å². The standard InChI is InChI=1S/C15H13F3N4O5/c16-15(17,18)9-2-1-3-10(6-9)19-14(23)26-8-11-4-5-21-7-12(22(24)25)20-13(21)27-11/h1-3,6-7,11H,4-5,8H2,(H,19,23)/t11-/m1/s1. The molecule has 1 aromatic heterocycles. The minimum absolute atomic E-state index is 0.0415. The molecule has 0 radical (unpaired) electrons. The van der Waals surface area contributed by atoms with Gasteiger partial charge in [-0.2, -0.15) is 13.2 Å². The Kier molecular flexibility index (Phi) is 4.88. The number of ether oxygens (including phenoxy) is 2. The summed E-state index contributed by atoms with van der Waals surface area (Å²) in [5, 5.41) is 12.9. The molecule has 0 unspecified atom stereocenters. The lowest BCUT2D eigenvalue weighted by atomic mass is 10.2. The number of imidazole rings is 1. The van der Waals surface area contributed by atoms with Gasteiger partial charge in [0.2, 0.25) is 0 Å². The molecular weight excluding hydrogens is 373 g/mol. The number of aromatic nitrogens is 2. The number of hydrogen-bond acceptors (Lipinski definition) is 6. The summed E-state index contributed by atoms with van der Waals surface area (Å²) in [6.45, 7) is 0.199. The molecule has 0 saturated carbocycles. The number of halogens is 3. The van der Waals surface area contributed by atoms with Crippen molar-refractivity contribution in [2.24, 2.45) is 0 Å². The Morgan fingerprint density at radius 2 is 2.26 bits per heavy atom. The predicted octanol–water partition coefficient (Wildman–Crippen LogP) is 3.21. The van der Waals surface area contributed by atoms with E-state index in [-0.39, 0.29) is 24.1 Å². The van der Waals surface area contributed by atoms with Gasteiger partial charge in [-0.05, 0) is 23.1 Å². The molecule has 3 rings (SSSR count). The molecule has 1 N–H and O–H groups in total. The molecule has 9 nitrogen and oxygen atoms in total. The first-order valence-electron chi connectivity index (χ1n) is 7.71. The topological polar surface area (TPSA) is 109 Å². The third-order valence-electron chi connectivity index (χ3n) is 3.71. The number of nitrogens with one attached hydrogen (secondary N) is 1. The molecule has 0 fully saturated rings. The molecule has 1 aliphatic heterocycles. The van der Waals surface area contributed by atoms with Crippen molar-refractivity contribution in [3.8, 4) is 6.01 Å². The van der Waals surface area contributed by atoms with Gasteiger partial charge in [-0.15, -0.1) is 0 Å². The van der Waals surface area contributed by atoms with E-state index in [1.807, 2.05) is 0 Å². The van der Waals surface area contributed by atoms with Crippen molar-refractivity contribution in [3.63, 3.8) is 0 Å². The number of fused-ring (bicyclic) bond motifs is 1. The van der Waals surface area contributed by atoms with Crippen LogP contribution in [0.1, 0.15) is 12.0 Å². The number of carbonyl (C=O) groups is 1. The van der Waals surface area contributed by atoms with Crippen LogP contribution in [-0.4, -0.2) is 33.3 Å². The summed E-state index contributed by atoms with van der Waals surface area (Å²) in [5.74, 6) is -0.353. The van der Waals surface area contributed by atoms with E-state index in [1.54, 1.807) is 0 Å². The molecule has 2 heterocycles. The minimum atomic E-state index is -4.53. The number of amides is 1. The summed E-state index contributed by atoms with van der Waals surface area (Å²) in [6.07, 6.45) is -4.39. The number of aryl methyl sites for hydroxylation is 1. The highest BCUT2D eigenvalue weighted by molar-refractivity contribution is 5.84.